The molecule has 1 heterocycles. The highest BCUT2D eigenvalue weighted by molar-refractivity contribution is 5.89. The first-order valence-electron chi connectivity index (χ1n) is 8.64. The van der Waals surface area contributed by atoms with Crippen molar-refractivity contribution in [1.82, 2.24) is 4.90 Å². The van der Waals surface area contributed by atoms with Crippen LogP contribution in [-0.4, -0.2) is 54.7 Å². The summed E-state index contributed by atoms with van der Waals surface area (Å²) in [5.41, 5.74) is 5.15. The number of likely N-dealkylation sites (tertiary alicyclic amines) is 1. The van der Waals surface area contributed by atoms with Gasteiger partial charge in [0.15, 0.2) is 0 Å². The van der Waals surface area contributed by atoms with Crippen LogP contribution in [0.25, 0.3) is 0 Å². The number of hydrogen-bond donors (Lipinski definition) is 1. The van der Waals surface area contributed by atoms with Gasteiger partial charge < -0.3 is 20.1 Å². The van der Waals surface area contributed by atoms with Crippen LogP contribution in [0.1, 0.15) is 47.0 Å². The Morgan fingerprint density at radius 3 is 2.46 bits per heavy atom. The summed E-state index contributed by atoms with van der Waals surface area (Å²) in [4.78, 5) is 26.7. The Morgan fingerprint density at radius 2 is 1.92 bits per heavy atom. The van der Waals surface area contributed by atoms with E-state index in [9.17, 15) is 9.59 Å². The summed E-state index contributed by atoms with van der Waals surface area (Å²) in [5.74, 6) is -0.509. The first kappa shape index (κ1) is 21.2. The second-order valence-electron chi connectivity index (χ2n) is 7.18. The van der Waals surface area contributed by atoms with E-state index in [1.54, 1.807) is 11.8 Å². The molecule has 0 aromatic carbocycles. The zero-order chi connectivity index (χ0) is 17.3. The van der Waals surface area contributed by atoms with Crippen molar-refractivity contribution in [2.24, 2.45) is 17.1 Å². The number of hydrogen-bond acceptors (Lipinski definition) is 5. The molecule has 6 nitrogen and oxygen atoms in total. The summed E-state index contributed by atoms with van der Waals surface area (Å²) in [6.07, 6.45) is 2.12. The van der Waals surface area contributed by atoms with Gasteiger partial charge in [-0.05, 0) is 26.7 Å². The Morgan fingerprint density at radius 1 is 1.25 bits per heavy atom. The third-order valence-corrected chi connectivity index (χ3v) is 5.54. The van der Waals surface area contributed by atoms with Crippen LogP contribution in [0.3, 0.4) is 0 Å². The van der Waals surface area contributed by atoms with Crippen LogP contribution in [0.2, 0.25) is 0 Å². The highest BCUT2D eigenvalue weighted by Gasteiger charge is 2.63. The topological polar surface area (TPSA) is 81.9 Å². The molecule has 1 saturated carbocycles. The van der Waals surface area contributed by atoms with Gasteiger partial charge >= 0.3 is 5.97 Å². The summed E-state index contributed by atoms with van der Waals surface area (Å²) in [5, 5.41) is 0. The van der Waals surface area contributed by atoms with E-state index in [1.807, 2.05) is 20.8 Å². The molecular weight excluding hydrogens is 332 g/mol. The van der Waals surface area contributed by atoms with Crippen LogP contribution in [-0.2, 0) is 19.1 Å². The van der Waals surface area contributed by atoms with Gasteiger partial charge in [-0.2, -0.15) is 0 Å². The van der Waals surface area contributed by atoms with E-state index in [-0.39, 0.29) is 36.3 Å². The monoisotopic (exact) mass is 362 g/mol. The molecule has 3 unspecified atom stereocenters. The Hall–Kier alpha value is -0.850. The first-order valence-corrected chi connectivity index (χ1v) is 8.64. The van der Waals surface area contributed by atoms with E-state index in [4.69, 9.17) is 15.2 Å². The molecule has 1 aliphatic heterocycles. The van der Waals surface area contributed by atoms with Crippen LogP contribution in [0.4, 0.5) is 0 Å². The molecule has 0 aromatic rings. The maximum absolute atomic E-state index is 13.0. The lowest BCUT2D eigenvalue weighted by Gasteiger charge is -2.59. The van der Waals surface area contributed by atoms with Crippen molar-refractivity contribution in [2.45, 2.75) is 58.6 Å². The number of piperidine rings is 1. The number of carbonyl (C=O) groups excluding carboxylic acids is 2. The van der Waals surface area contributed by atoms with Crippen LogP contribution in [0.15, 0.2) is 0 Å². The fourth-order valence-electron chi connectivity index (χ4n) is 3.69. The average Bonchev–Trinajstić information content (AvgIpc) is 2.54. The zero-order valence-corrected chi connectivity index (χ0v) is 16.0. The maximum atomic E-state index is 13.0. The van der Waals surface area contributed by atoms with E-state index in [2.05, 4.69) is 0 Å². The minimum atomic E-state index is -0.913. The number of esters is 1. The minimum Gasteiger partial charge on any atom is -0.466 e. The van der Waals surface area contributed by atoms with Crippen LogP contribution in [0.5, 0.6) is 0 Å². The standard InChI is InChI=1S/C17H30N2O4.ClH/c1-5-22-13-10-17(18,16(13,3)4)15(21)19-9-7-8-12(11-19)14(20)23-6-2;/h12-13H,5-11,18H2,1-4H3;1H. The Bertz CT molecular complexity index is 472. The van der Waals surface area contributed by atoms with Crippen molar-refractivity contribution in [2.75, 3.05) is 26.3 Å². The molecule has 24 heavy (non-hydrogen) atoms. The number of halogens is 1. The predicted octanol–water partition coefficient (Wildman–Crippen LogP) is 1.74. The second kappa shape index (κ2) is 8.02. The van der Waals surface area contributed by atoms with Crippen molar-refractivity contribution in [1.29, 1.82) is 0 Å². The van der Waals surface area contributed by atoms with Crippen LogP contribution in [0, 0.1) is 11.3 Å². The third kappa shape index (κ3) is 3.55. The SMILES string of the molecule is CCOC(=O)C1CCCN(C(=O)C2(N)CC(OCC)C2(C)C)C1.Cl. The van der Waals surface area contributed by atoms with Gasteiger partial charge in [-0.15, -0.1) is 12.4 Å². The quantitative estimate of drug-likeness (QED) is 0.753. The lowest BCUT2D eigenvalue weighted by Crippen LogP contribution is -2.76. The van der Waals surface area contributed by atoms with Crippen molar-refractivity contribution >= 4 is 24.3 Å². The molecule has 0 bridgehead atoms. The molecule has 2 fully saturated rings. The molecule has 3 atom stereocenters. The smallest absolute Gasteiger partial charge is 0.310 e. The molecule has 2 N–H and O–H groups in total. The van der Waals surface area contributed by atoms with E-state index in [1.165, 1.54) is 0 Å². The summed E-state index contributed by atoms with van der Waals surface area (Å²) in [6.45, 7) is 9.77. The second-order valence-corrected chi connectivity index (χ2v) is 7.18. The number of carbonyl (C=O) groups is 2. The predicted molar refractivity (Wildman–Crippen MR) is 93.9 cm³/mol. The summed E-state index contributed by atoms with van der Waals surface area (Å²) >= 11 is 0. The molecule has 1 aliphatic carbocycles. The molecule has 0 radical (unpaired) electrons. The van der Waals surface area contributed by atoms with E-state index in [0.29, 0.717) is 32.7 Å². The average molecular weight is 363 g/mol. The lowest BCUT2D eigenvalue weighted by molar-refractivity contribution is -0.181. The number of nitrogens with two attached hydrogens (primary N) is 1. The molecule has 2 rings (SSSR count). The third-order valence-electron chi connectivity index (χ3n) is 5.54. The first-order chi connectivity index (χ1) is 10.8. The fraction of sp³-hybridized carbons (Fsp3) is 0.882. The van der Waals surface area contributed by atoms with Crippen molar-refractivity contribution in [3.05, 3.63) is 0 Å². The van der Waals surface area contributed by atoms with Crippen molar-refractivity contribution < 1.29 is 19.1 Å². The van der Waals surface area contributed by atoms with Crippen molar-refractivity contribution in [3.63, 3.8) is 0 Å². The molecule has 2 aliphatic rings. The Balaban J connectivity index is 0.00000288. The van der Waals surface area contributed by atoms with Gasteiger partial charge in [-0.3, -0.25) is 9.59 Å². The maximum Gasteiger partial charge on any atom is 0.310 e. The molecule has 0 spiro atoms. The summed E-state index contributed by atoms with van der Waals surface area (Å²) in [6, 6.07) is 0. The highest BCUT2D eigenvalue weighted by Crippen LogP contribution is 2.50. The molecule has 1 saturated heterocycles. The lowest BCUT2D eigenvalue weighted by atomic mass is 9.54. The van der Waals surface area contributed by atoms with Gasteiger partial charge in [0.1, 0.15) is 5.54 Å². The fourth-order valence-corrected chi connectivity index (χ4v) is 3.69. The number of rotatable bonds is 5. The highest BCUT2D eigenvalue weighted by atomic mass is 35.5. The van der Waals surface area contributed by atoms with E-state index in [0.717, 1.165) is 12.8 Å². The largest absolute Gasteiger partial charge is 0.466 e. The van der Waals surface area contributed by atoms with Gasteiger partial charge in [0, 0.05) is 31.5 Å². The zero-order valence-electron chi connectivity index (χ0n) is 15.2. The molecular formula is C17H31ClN2O4. The van der Waals surface area contributed by atoms with Gasteiger partial charge in [-0.1, -0.05) is 13.8 Å². The van der Waals surface area contributed by atoms with Crippen molar-refractivity contribution in [3.8, 4) is 0 Å². The van der Waals surface area contributed by atoms with Crippen LogP contribution >= 0.6 is 12.4 Å². The Kier molecular flexibility index (Phi) is 7.08. The van der Waals surface area contributed by atoms with Gasteiger partial charge in [-0.25, -0.2) is 0 Å². The number of nitrogens with zero attached hydrogens (tertiary/aromatic N) is 1. The van der Waals surface area contributed by atoms with E-state index >= 15 is 0 Å². The number of amides is 1. The normalized spacial score (nSPS) is 31.6. The minimum absolute atomic E-state index is 0. The van der Waals surface area contributed by atoms with Gasteiger partial charge in [0.2, 0.25) is 5.91 Å². The van der Waals surface area contributed by atoms with Crippen LogP contribution < -0.4 is 5.73 Å². The summed E-state index contributed by atoms with van der Waals surface area (Å²) < 4.78 is 10.8. The molecule has 1 amide bonds. The van der Waals surface area contributed by atoms with Gasteiger partial charge in [0.05, 0.1) is 18.6 Å². The van der Waals surface area contributed by atoms with E-state index < -0.39 is 11.0 Å². The Labute approximate surface area is 150 Å². The van der Waals surface area contributed by atoms with Gasteiger partial charge in [0.25, 0.3) is 0 Å². The summed E-state index contributed by atoms with van der Waals surface area (Å²) in [7, 11) is 0. The number of ether oxygens (including phenoxy) is 2. The molecule has 7 heteroatoms. The molecule has 140 valence electrons. The molecule has 0 aromatic heterocycles.